The highest BCUT2D eigenvalue weighted by atomic mass is 79.9. The van der Waals surface area contributed by atoms with Crippen molar-refractivity contribution in [2.75, 3.05) is 24.3 Å². The van der Waals surface area contributed by atoms with E-state index < -0.39 is 0 Å². The number of anilines is 2. The molecule has 25 heavy (non-hydrogen) atoms. The summed E-state index contributed by atoms with van der Waals surface area (Å²) in [5.74, 6) is -0.161. The van der Waals surface area contributed by atoms with Crippen molar-refractivity contribution in [1.82, 2.24) is 5.43 Å². The number of benzene rings is 2. The molecule has 2 rings (SSSR count). The maximum atomic E-state index is 12.3. The minimum atomic E-state index is -0.338. The molecular formula is C19H23BrN4O. The van der Waals surface area contributed by atoms with Gasteiger partial charge >= 0.3 is 0 Å². The van der Waals surface area contributed by atoms with Crippen LogP contribution in [0, 0.1) is 0 Å². The van der Waals surface area contributed by atoms with E-state index in [9.17, 15) is 4.79 Å². The van der Waals surface area contributed by atoms with Crippen LogP contribution in [0.4, 0.5) is 11.4 Å². The van der Waals surface area contributed by atoms with Crippen molar-refractivity contribution < 1.29 is 4.79 Å². The first kappa shape index (κ1) is 19.0. The minimum absolute atomic E-state index is 0.161. The van der Waals surface area contributed by atoms with Crippen LogP contribution >= 0.6 is 15.9 Å². The van der Waals surface area contributed by atoms with Crippen molar-refractivity contribution in [2.45, 2.75) is 19.4 Å². The van der Waals surface area contributed by atoms with Gasteiger partial charge in [-0.2, -0.15) is 5.10 Å². The lowest BCUT2D eigenvalue weighted by Gasteiger charge is -2.16. The van der Waals surface area contributed by atoms with E-state index in [-0.39, 0.29) is 11.9 Å². The molecule has 0 aliphatic carbocycles. The fourth-order valence-electron chi connectivity index (χ4n) is 2.21. The number of amides is 1. The largest absolute Gasteiger partial charge is 0.378 e. The quantitative estimate of drug-likeness (QED) is 0.545. The Morgan fingerprint density at radius 2 is 1.80 bits per heavy atom. The number of hydrazone groups is 1. The number of carbonyl (C=O) groups excluding carboxylic acids is 1. The Hall–Kier alpha value is -2.34. The van der Waals surface area contributed by atoms with E-state index in [1.165, 1.54) is 0 Å². The lowest BCUT2D eigenvalue weighted by molar-refractivity contribution is -0.121. The molecule has 6 heteroatoms. The number of hydrogen-bond donors (Lipinski definition) is 2. The predicted octanol–water partition coefficient (Wildman–Crippen LogP) is 3.86. The van der Waals surface area contributed by atoms with E-state index in [1.807, 2.05) is 74.4 Å². The smallest absolute Gasteiger partial charge is 0.262 e. The van der Waals surface area contributed by atoms with Gasteiger partial charge in [-0.05, 0) is 48.4 Å². The van der Waals surface area contributed by atoms with Gasteiger partial charge in [-0.1, -0.05) is 35.0 Å². The highest BCUT2D eigenvalue weighted by molar-refractivity contribution is 9.10. The predicted molar refractivity (Wildman–Crippen MR) is 108 cm³/mol. The van der Waals surface area contributed by atoms with Crippen LogP contribution in [-0.2, 0) is 4.79 Å². The standard InChI is InChI=1S/C19H23BrN4O/c1-4-18(22-16-9-7-15(20)8-10-16)19(25)23-21-13-14-5-11-17(12-6-14)24(2)3/h5-13,18,22H,4H2,1-3H3,(H,23,25)/b21-13-. The second-order valence-corrected chi connectivity index (χ2v) is 6.75. The van der Waals surface area contributed by atoms with Crippen LogP contribution in [0.25, 0.3) is 0 Å². The summed E-state index contributed by atoms with van der Waals surface area (Å²) in [6, 6.07) is 15.3. The van der Waals surface area contributed by atoms with E-state index >= 15 is 0 Å². The zero-order valence-electron chi connectivity index (χ0n) is 14.7. The summed E-state index contributed by atoms with van der Waals surface area (Å²) in [5, 5.41) is 7.27. The van der Waals surface area contributed by atoms with Crippen molar-refractivity contribution in [3.8, 4) is 0 Å². The molecule has 1 unspecified atom stereocenters. The lowest BCUT2D eigenvalue weighted by Crippen LogP contribution is -2.36. The van der Waals surface area contributed by atoms with Gasteiger partial charge in [0.15, 0.2) is 0 Å². The monoisotopic (exact) mass is 402 g/mol. The number of rotatable bonds is 7. The van der Waals surface area contributed by atoms with Gasteiger partial charge in [0.1, 0.15) is 6.04 Å². The Kier molecular flexibility index (Phi) is 7.01. The van der Waals surface area contributed by atoms with Crippen LogP contribution in [0.5, 0.6) is 0 Å². The summed E-state index contributed by atoms with van der Waals surface area (Å²) in [5.41, 5.74) is 5.54. The molecule has 0 aliphatic rings. The molecule has 1 atom stereocenters. The Morgan fingerprint density at radius 1 is 1.16 bits per heavy atom. The second-order valence-electron chi connectivity index (χ2n) is 5.83. The Balaban J connectivity index is 1.91. The molecule has 0 heterocycles. The first-order valence-corrected chi connectivity index (χ1v) is 8.91. The molecule has 0 spiro atoms. The van der Waals surface area contributed by atoms with Crippen molar-refractivity contribution >= 4 is 39.4 Å². The highest BCUT2D eigenvalue weighted by Gasteiger charge is 2.15. The number of halogens is 1. The molecule has 2 aromatic rings. The highest BCUT2D eigenvalue weighted by Crippen LogP contribution is 2.15. The summed E-state index contributed by atoms with van der Waals surface area (Å²) in [6.45, 7) is 1.96. The van der Waals surface area contributed by atoms with Crippen LogP contribution in [0.15, 0.2) is 58.1 Å². The molecular weight excluding hydrogens is 380 g/mol. The topological polar surface area (TPSA) is 56.7 Å². The molecule has 1 amide bonds. The van der Waals surface area contributed by atoms with Gasteiger partial charge in [-0.15, -0.1) is 0 Å². The normalized spacial score (nSPS) is 12.0. The van der Waals surface area contributed by atoms with Gasteiger partial charge in [0.25, 0.3) is 5.91 Å². The summed E-state index contributed by atoms with van der Waals surface area (Å²) in [4.78, 5) is 14.3. The molecule has 0 aliphatic heterocycles. The lowest BCUT2D eigenvalue weighted by atomic mass is 10.2. The van der Waals surface area contributed by atoms with Gasteiger partial charge in [0, 0.05) is 29.9 Å². The molecule has 0 fully saturated rings. The summed E-state index contributed by atoms with van der Waals surface area (Å²) >= 11 is 3.40. The van der Waals surface area contributed by atoms with Crippen molar-refractivity contribution in [2.24, 2.45) is 5.10 Å². The Morgan fingerprint density at radius 3 is 2.36 bits per heavy atom. The van der Waals surface area contributed by atoms with Crippen LogP contribution in [0.1, 0.15) is 18.9 Å². The SMILES string of the molecule is CCC(Nc1ccc(Br)cc1)C(=O)N/N=C\c1ccc(N(C)C)cc1. The Labute approximate surface area is 157 Å². The number of hydrogen-bond acceptors (Lipinski definition) is 4. The van der Waals surface area contributed by atoms with Crippen molar-refractivity contribution in [3.05, 3.63) is 58.6 Å². The average Bonchev–Trinajstić information content (AvgIpc) is 2.61. The van der Waals surface area contributed by atoms with Gasteiger partial charge in [0.2, 0.25) is 0 Å². The molecule has 0 saturated carbocycles. The number of carbonyl (C=O) groups is 1. The van der Waals surface area contributed by atoms with E-state index in [0.29, 0.717) is 6.42 Å². The second kappa shape index (κ2) is 9.22. The summed E-state index contributed by atoms with van der Waals surface area (Å²) in [6.07, 6.45) is 2.30. The first-order chi connectivity index (χ1) is 12.0. The minimum Gasteiger partial charge on any atom is -0.378 e. The molecule has 0 bridgehead atoms. The van der Waals surface area contributed by atoms with Gasteiger partial charge in [0.05, 0.1) is 6.21 Å². The number of nitrogens with zero attached hydrogens (tertiary/aromatic N) is 2. The maximum absolute atomic E-state index is 12.3. The third-order valence-electron chi connectivity index (χ3n) is 3.71. The first-order valence-electron chi connectivity index (χ1n) is 8.12. The average molecular weight is 403 g/mol. The van der Waals surface area contributed by atoms with Crippen LogP contribution in [-0.4, -0.2) is 32.3 Å². The van der Waals surface area contributed by atoms with Crippen LogP contribution in [0.2, 0.25) is 0 Å². The molecule has 5 nitrogen and oxygen atoms in total. The third-order valence-corrected chi connectivity index (χ3v) is 4.24. The molecule has 0 aromatic heterocycles. The molecule has 2 N–H and O–H groups in total. The third kappa shape index (κ3) is 5.90. The maximum Gasteiger partial charge on any atom is 0.262 e. The summed E-state index contributed by atoms with van der Waals surface area (Å²) < 4.78 is 1.00. The van der Waals surface area contributed by atoms with Crippen molar-refractivity contribution in [3.63, 3.8) is 0 Å². The van der Waals surface area contributed by atoms with Crippen LogP contribution < -0.4 is 15.6 Å². The Bertz CT molecular complexity index is 711. The van der Waals surface area contributed by atoms with E-state index in [4.69, 9.17) is 0 Å². The van der Waals surface area contributed by atoms with E-state index in [0.717, 1.165) is 21.4 Å². The zero-order chi connectivity index (χ0) is 18.2. The van der Waals surface area contributed by atoms with Crippen molar-refractivity contribution in [1.29, 1.82) is 0 Å². The van der Waals surface area contributed by atoms with Crippen LogP contribution in [0.3, 0.4) is 0 Å². The molecule has 0 radical (unpaired) electrons. The van der Waals surface area contributed by atoms with E-state index in [2.05, 4.69) is 31.8 Å². The molecule has 0 saturated heterocycles. The fraction of sp³-hybridized carbons (Fsp3) is 0.263. The molecule has 2 aromatic carbocycles. The zero-order valence-corrected chi connectivity index (χ0v) is 16.2. The van der Waals surface area contributed by atoms with E-state index in [1.54, 1.807) is 6.21 Å². The van der Waals surface area contributed by atoms with Gasteiger partial charge in [-0.3, -0.25) is 4.79 Å². The number of nitrogens with one attached hydrogen (secondary N) is 2. The summed E-state index contributed by atoms with van der Waals surface area (Å²) in [7, 11) is 3.99. The van der Waals surface area contributed by atoms with Gasteiger partial charge in [-0.25, -0.2) is 5.43 Å². The molecule has 132 valence electrons. The fourth-order valence-corrected chi connectivity index (χ4v) is 2.47. The van der Waals surface area contributed by atoms with Gasteiger partial charge < -0.3 is 10.2 Å².